The number of hydrogen-bond donors (Lipinski definition) is 3. The molecule has 126 valence electrons. The molecule has 9 heteroatoms. The summed E-state index contributed by atoms with van der Waals surface area (Å²) < 4.78 is 1.09. The van der Waals surface area contributed by atoms with Gasteiger partial charge in [-0.1, -0.05) is 23.5 Å². The van der Waals surface area contributed by atoms with Gasteiger partial charge in [-0.25, -0.2) is 9.97 Å². The van der Waals surface area contributed by atoms with Crippen LogP contribution in [0.3, 0.4) is 0 Å². The van der Waals surface area contributed by atoms with E-state index >= 15 is 0 Å². The Bertz CT molecular complexity index is 982. The predicted octanol–water partition coefficient (Wildman–Crippen LogP) is 3.83. The molecule has 0 bridgehead atoms. The smallest absolute Gasteiger partial charge is 0.189 e. The number of anilines is 4. The van der Waals surface area contributed by atoms with Crippen LogP contribution in [0, 0.1) is 6.92 Å². The van der Waals surface area contributed by atoms with E-state index in [1.54, 1.807) is 6.20 Å². The van der Waals surface area contributed by atoms with Gasteiger partial charge in [-0.15, -0.1) is 21.5 Å². The minimum absolute atomic E-state index is 0.152. The van der Waals surface area contributed by atoms with E-state index < -0.39 is 0 Å². The molecule has 3 N–H and O–H groups in total. The highest BCUT2D eigenvalue weighted by molar-refractivity contribution is 7.22. The van der Waals surface area contributed by atoms with Gasteiger partial charge in [-0.2, -0.15) is 0 Å². The number of fused-ring (bicyclic) bond motifs is 1. The van der Waals surface area contributed by atoms with Gasteiger partial charge in [0.25, 0.3) is 0 Å². The van der Waals surface area contributed by atoms with Gasteiger partial charge in [0.15, 0.2) is 21.9 Å². The highest BCUT2D eigenvalue weighted by Crippen LogP contribution is 2.31. The summed E-state index contributed by atoms with van der Waals surface area (Å²) in [7, 11) is 0. The SMILES string of the molecule is Cc1c(Nc2nccs2)nnc(Nc2nc3ccccc3s2)c1CO. The fourth-order valence-electron chi connectivity index (χ4n) is 2.38. The second kappa shape index (κ2) is 6.71. The van der Waals surface area contributed by atoms with Crippen molar-refractivity contribution in [3.05, 3.63) is 47.0 Å². The van der Waals surface area contributed by atoms with E-state index in [-0.39, 0.29) is 6.61 Å². The van der Waals surface area contributed by atoms with E-state index in [0.29, 0.717) is 22.3 Å². The maximum absolute atomic E-state index is 9.80. The molecule has 0 saturated heterocycles. The van der Waals surface area contributed by atoms with E-state index in [2.05, 4.69) is 30.8 Å². The summed E-state index contributed by atoms with van der Waals surface area (Å²) in [5.41, 5.74) is 2.41. The van der Waals surface area contributed by atoms with Gasteiger partial charge in [0.2, 0.25) is 0 Å². The van der Waals surface area contributed by atoms with Gasteiger partial charge >= 0.3 is 0 Å². The minimum atomic E-state index is -0.152. The molecule has 0 fully saturated rings. The van der Waals surface area contributed by atoms with Crippen LogP contribution in [0.2, 0.25) is 0 Å². The summed E-state index contributed by atoms with van der Waals surface area (Å²) in [6, 6.07) is 7.91. The summed E-state index contributed by atoms with van der Waals surface area (Å²) >= 11 is 3.00. The molecule has 0 aliphatic rings. The lowest BCUT2D eigenvalue weighted by molar-refractivity contribution is 0.281. The number of rotatable bonds is 5. The van der Waals surface area contributed by atoms with Crippen LogP contribution in [0.1, 0.15) is 11.1 Å². The van der Waals surface area contributed by atoms with Gasteiger partial charge in [0.05, 0.1) is 16.8 Å². The van der Waals surface area contributed by atoms with Crippen LogP contribution >= 0.6 is 22.7 Å². The van der Waals surface area contributed by atoms with Crippen molar-refractivity contribution in [2.75, 3.05) is 10.6 Å². The second-order valence-electron chi connectivity index (χ2n) is 5.23. The van der Waals surface area contributed by atoms with E-state index in [1.807, 2.05) is 36.6 Å². The van der Waals surface area contributed by atoms with Crippen LogP contribution in [0.5, 0.6) is 0 Å². The largest absolute Gasteiger partial charge is 0.392 e. The van der Waals surface area contributed by atoms with Crippen molar-refractivity contribution in [3.63, 3.8) is 0 Å². The number of aromatic nitrogens is 4. The average molecular weight is 370 g/mol. The van der Waals surface area contributed by atoms with Crippen LogP contribution in [0.25, 0.3) is 10.2 Å². The van der Waals surface area contributed by atoms with Crippen LogP contribution in [0.4, 0.5) is 21.9 Å². The fraction of sp³-hybridized carbons (Fsp3) is 0.125. The van der Waals surface area contributed by atoms with Crippen molar-refractivity contribution in [1.82, 2.24) is 20.2 Å². The van der Waals surface area contributed by atoms with Gasteiger partial charge < -0.3 is 15.7 Å². The van der Waals surface area contributed by atoms with E-state index in [4.69, 9.17) is 0 Å². The molecular weight excluding hydrogens is 356 g/mol. The topological polar surface area (TPSA) is 95.9 Å². The molecule has 4 aromatic rings. The zero-order valence-corrected chi connectivity index (χ0v) is 14.9. The summed E-state index contributed by atoms with van der Waals surface area (Å²) in [6.07, 6.45) is 1.71. The highest BCUT2D eigenvalue weighted by atomic mass is 32.1. The first-order valence-corrected chi connectivity index (χ1v) is 9.20. The summed E-state index contributed by atoms with van der Waals surface area (Å²) in [4.78, 5) is 8.71. The number of nitrogens with one attached hydrogen (secondary N) is 2. The first kappa shape index (κ1) is 15.9. The van der Waals surface area contributed by atoms with Crippen LogP contribution in [-0.4, -0.2) is 25.3 Å². The molecule has 0 spiro atoms. The first-order valence-electron chi connectivity index (χ1n) is 7.50. The van der Waals surface area contributed by atoms with Crippen molar-refractivity contribution in [3.8, 4) is 0 Å². The number of aliphatic hydroxyl groups excluding tert-OH is 1. The molecular formula is C16H14N6OS2. The van der Waals surface area contributed by atoms with Gasteiger partial charge in [-0.3, -0.25) is 0 Å². The van der Waals surface area contributed by atoms with Crippen LogP contribution in [0.15, 0.2) is 35.8 Å². The predicted molar refractivity (Wildman–Crippen MR) is 101 cm³/mol. The molecule has 7 nitrogen and oxygen atoms in total. The molecule has 1 aromatic carbocycles. The Hall–Kier alpha value is -2.62. The Morgan fingerprint density at radius 2 is 1.88 bits per heavy atom. The Balaban J connectivity index is 1.66. The summed E-state index contributed by atoms with van der Waals surface area (Å²) in [6.45, 7) is 1.74. The third kappa shape index (κ3) is 3.16. The molecule has 0 aliphatic carbocycles. The van der Waals surface area contributed by atoms with E-state index in [9.17, 15) is 5.11 Å². The Kier molecular flexibility index (Phi) is 4.26. The standard InChI is InChI=1S/C16H14N6OS2/c1-9-10(8-23)14(22-21-13(9)19-15-17-6-7-24-15)20-16-18-11-4-2-3-5-12(11)25-16/h2-7,23H,8H2,1H3,(H,17,19,21)(H,18,20,22). The quantitative estimate of drug-likeness (QED) is 0.491. The molecule has 3 heterocycles. The molecule has 0 saturated carbocycles. The molecule has 0 aliphatic heterocycles. The number of thiazole rings is 2. The van der Waals surface area contributed by atoms with Gasteiger partial charge in [-0.05, 0) is 19.1 Å². The van der Waals surface area contributed by atoms with Crippen molar-refractivity contribution in [2.45, 2.75) is 13.5 Å². The third-order valence-electron chi connectivity index (χ3n) is 3.68. The van der Waals surface area contributed by atoms with E-state index in [0.717, 1.165) is 20.9 Å². The first-order chi connectivity index (χ1) is 12.2. The number of nitrogens with zero attached hydrogens (tertiary/aromatic N) is 4. The Morgan fingerprint density at radius 1 is 1.08 bits per heavy atom. The molecule has 0 atom stereocenters. The highest BCUT2D eigenvalue weighted by Gasteiger charge is 2.15. The molecule has 4 rings (SSSR count). The van der Waals surface area contributed by atoms with Crippen molar-refractivity contribution < 1.29 is 5.11 Å². The van der Waals surface area contributed by atoms with Crippen molar-refractivity contribution in [1.29, 1.82) is 0 Å². The fourth-order valence-corrected chi connectivity index (χ4v) is 3.77. The second-order valence-corrected chi connectivity index (χ2v) is 7.16. The molecule has 3 aromatic heterocycles. The lowest BCUT2D eigenvalue weighted by Crippen LogP contribution is -2.07. The average Bonchev–Trinajstić information content (AvgIpc) is 3.26. The zero-order valence-electron chi connectivity index (χ0n) is 13.2. The Morgan fingerprint density at radius 3 is 2.64 bits per heavy atom. The number of benzene rings is 1. The minimum Gasteiger partial charge on any atom is -0.392 e. The lowest BCUT2D eigenvalue weighted by atomic mass is 10.1. The summed E-state index contributed by atoms with van der Waals surface area (Å²) in [5.74, 6) is 1.08. The Labute approximate surface area is 151 Å². The number of hydrogen-bond acceptors (Lipinski definition) is 9. The number of para-hydroxylation sites is 1. The zero-order chi connectivity index (χ0) is 17.2. The molecule has 0 amide bonds. The van der Waals surface area contributed by atoms with Crippen LogP contribution < -0.4 is 10.6 Å². The van der Waals surface area contributed by atoms with Crippen molar-refractivity contribution >= 4 is 54.8 Å². The van der Waals surface area contributed by atoms with Gasteiger partial charge in [0.1, 0.15) is 0 Å². The molecule has 25 heavy (non-hydrogen) atoms. The molecule has 0 unspecified atom stereocenters. The maximum Gasteiger partial charge on any atom is 0.189 e. The number of aliphatic hydroxyl groups is 1. The van der Waals surface area contributed by atoms with Crippen molar-refractivity contribution in [2.24, 2.45) is 0 Å². The molecule has 0 radical (unpaired) electrons. The van der Waals surface area contributed by atoms with E-state index in [1.165, 1.54) is 22.7 Å². The lowest BCUT2D eigenvalue weighted by Gasteiger charge is -2.12. The summed E-state index contributed by atoms with van der Waals surface area (Å²) in [5, 5.41) is 27.9. The third-order valence-corrected chi connectivity index (χ3v) is 5.32. The normalized spacial score (nSPS) is 11.0. The monoisotopic (exact) mass is 370 g/mol. The van der Waals surface area contributed by atoms with Crippen LogP contribution in [-0.2, 0) is 6.61 Å². The van der Waals surface area contributed by atoms with Gasteiger partial charge in [0, 0.05) is 22.7 Å². The maximum atomic E-state index is 9.80.